The molecule has 31 heavy (non-hydrogen) atoms. The minimum absolute atomic E-state index is 0.0153. The molecule has 1 heterocycles. The Hall–Kier alpha value is -1.92. The van der Waals surface area contributed by atoms with Gasteiger partial charge in [-0.25, -0.2) is 4.89 Å². The summed E-state index contributed by atoms with van der Waals surface area (Å²) in [6.07, 6.45) is 5.90. The van der Waals surface area contributed by atoms with Gasteiger partial charge < -0.3 is 14.6 Å². The number of rotatable bonds is 5. The van der Waals surface area contributed by atoms with Crippen molar-refractivity contribution in [3.05, 3.63) is 48.5 Å². The first-order valence-corrected chi connectivity index (χ1v) is 11.6. The van der Waals surface area contributed by atoms with Gasteiger partial charge in [0.1, 0.15) is 18.5 Å². The number of aliphatic hydroxyl groups excluding tert-OH is 1. The highest BCUT2D eigenvalue weighted by Gasteiger charge is 2.61. The fraction of sp³-hybridized carbons (Fsp3) is 0.538. The average Bonchev–Trinajstić information content (AvgIpc) is 2.80. The first-order chi connectivity index (χ1) is 15.2. The Morgan fingerprint density at radius 2 is 1.71 bits per heavy atom. The molecule has 2 aromatic rings. The standard InChI is InChI=1S/C26H30O5/c1-16(21-6-7-24(28-9-8-27)23-5-3-2-4-22(21)23)25-15-29-26(31-30-25)19-11-17-10-18(13-19)14-20(26)12-17/h2-7,17-20,25,27H,1,8-15H2. The lowest BCUT2D eigenvalue weighted by Gasteiger charge is -2.60. The zero-order chi connectivity index (χ0) is 21.0. The molecule has 1 unspecified atom stereocenters. The molecule has 1 aliphatic heterocycles. The molecule has 5 fully saturated rings. The number of aliphatic hydroxyl groups is 1. The van der Waals surface area contributed by atoms with E-state index in [1.807, 2.05) is 30.3 Å². The van der Waals surface area contributed by atoms with Crippen LogP contribution in [-0.2, 0) is 14.5 Å². The molecule has 1 atom stereocenters. The lowest BCUT2D eigenvalue weighted by atomic mass is 9.53. The van der Waals surface area contributed by atoms with Crippen LogP contribution in [0.3, 0.4) is 0 Å². The van der Waals surface area contributed by atoms with Gasteiger partial charge in [0.25, 0.3) is 0 Å². The molecule has 164 valence electrons. The van der Waals surface area contributed by atoms with Gasteiger partial charge in [0.2, 0.25) is 5.79 Å². The van der Waals surface area contributed by atoms with Crippen LogP contribution in [0.15, 0.2) is 43.0 Å². The molecule has 5 heteroatoms. The maximum absolute atomic E-state index is 9.11. The van der Waals surface area contributed by atoms with E-state index >= 15 is 0 Å². The van der Waals surface area contributed by atoms with E-state index in [0.717, 1.165) is 39.5 Å². The summed E-state index contributed by atoms with van der Waals surface area (Å²) < 4.78 is 12.2. The molecule has 1 N–H and O–H groups in total. The minimum atomic E-state index is -0.547. The molecule has 1 saturated heterocycles. The van der Waals surface area contributed by atoms with Crippen LogP contribution in [0.5, 0.6) is 5.75 Å². The monoisotopic (exact) mass is 422 g/mol. The number of hydrogen-bond donors (Lipinski definition) is 1. The smallest absolute Gasteiger partial charge is 0.207 e. The van der Waals surface area contributed by atoms with Crippen molar-refractivity contribution >= 4 is 16.3 Å². The number of fused-ring (bicyclic) bond motifs is 1. The maximum Gasteiger partial charge on any atom is 0.207 e. The summed E-state index contributed by atoms with van der Waals surface area (Å²) >= 11 is 0. The molecule has 0 radical (unpaired) electrons. The quantitative estimate of drug-likeness (QED) is 0.707. The third kappa shape index (κ3) is 3.13. The summed E-state index contributed by atoms with van der Waals surface area (Å²) in [6.45, 7) is 5.07. The SMILES string of the molecule is C=C(c1ccc(OCCO)c2ccccc12)C1COC2(OO1)C1CC3CC(C1)CC2C3. The third-order valence-corrected chi connectivity index (χ3v) is 8.00. The van der Waals surface area contributed by atoms with E-state index in [1.165, 1.54) is 32.1 Å². The third-order valence-electron chi connectivity index (χ3n) is 8.00. The Kier molecular flexibility index (Phi) is 4.83. The van der Waals surface area contributed by atoms with Gasteiger partial charge in [-0.15, -0.1) is 0 Å². The van der Waals surface area contributed by atoms with E-state index in [1.54, 1.807) is 0 Å². The molecular weight excluding hydrogens is 392 g/mol. The van der Waals surface area contributed by atoms with Gasteiger partial charge in [-0.2, -0.15) is 4.89 Å². The Morgan fingerprint density at radius 3 is 2.35 bits per heavy atom. The van der Waals surface area contributed by atoms with Crippen molar-refractivity contribution in [1.29, 1.82) is 0 Å². The first-order valence-electron chi connectivity index (χ1n) is 11.6. The number of benzene rings is 2. The molecule has 5 aliphatic rings. The summed E-state index contributed by atoms with van der Waals surface area (Å²) in [6, 6.07) is 12.0. The summed E-state index contributed by atoms with van der Waals surface area (Å²) in [7, 11) is 0. The molecule has 4 bridgehead atoms. The molecule has 4 saturated carbocycles. The normalized spacial score (nSPS) is 36.2. The summed E-state index contributed by atoms with van der Waals surface area (Å²) in [5.41, 5.74) is 1.86. The summed E-state index contributed by atoms with van der Waals surface area (Å²) in [5, 5.41) is 11.1. The zero-order valence-electron chi connectivity index (χ0n) is 17.8. The molecule has 1 spiro atoms. The number of ether oxygens (including phenoxy) is 2. The highest BCUT2D eigenvalue weighted by Crippen LogP contribution is 2.61. The Labute approximate surface area is 182 Å². The van der Waals surface area contributed by atoms with Crippen molar-refractivity contribution in [2.75, 3.05) is 19.8 Å². The van der Waals surface area contributed by atoms with Gasteiger partial charge in [-0.3, -0.25) is 0 Å². The van der Waals surface area contributed by atoms with Gasteiger partial charge >= 0.3 is 0 Å². The Bertz CT molecular complexity index is 960. The molecule has 5 nitrogen and oxygen atoms in total. The van der Waals surface area contributed by atoms with Crippen LogP contribution in [0.25, 0.3) is 16.3 Å². The maximum atomic E-state index is 9.11. The minimum Gasteiger partial charge on any atom is -0.491 e. The van der Waals surface area contributed by atoms with Crippen LogP contribution in [-0.4, -0.2) is 36.8 Å². The second kappa shape index (κ2) is 7.59. The van der Waals surface area contributed by atoms with Crippen molar-refractivity contribution in [1.82, 2.24) is 0 Å². The molecular formula is C26H30O5. The average molecular weight is 423 g/mol. The van der Waals surface area contributed by atoms with Crippen molar-refractivity contribution < 1.29 is 24.4 Å². The largest absolute Gasteiger partial charge is 0.491 e. The second-order valence-corrected chi connectivity index (χ2v) is 9.76. The molecule has 4 aliphatic carbocycles. The van der Waals surface area contributed by atoms with E-state index in [2.05, 4.69) is 12.6 Å². The van der Waals surface area contributed by atoms with Crippen LogP contribution in [0.2, 0.25) is 0 Å². The van der Waals surface area contributed by atoms with Crippen molar-refractivity contribution in [3.63, 3.8) is 0 Å². The van der Waals surface area contributed by atoms with Gasteiger partial charge in [0, 0.05) is 17.2 Å². The lowest BCUT2D eigenvalue weighted by Crippen LogP contribution is -2.63. The van der Waals surface area contributed by atoms with E-state index in [4.69, 9.17) is 24.4 Å². The van der Waals surface area contributed by atoms with Gasteiger partial charge in [0.05, 0.1) is 13.2 Å². The fourth-order valence-corrected chi connectivity index (χ4v) is 6.77. The molecule has 7 rings (SSSR count). The van der Waals surface area contributed by atoms with Crippen molar-refractivity contribution in [2.24, 2.45) is 23.7 Å². The van der Waals surface area contributed by atoms with E-state index in [0.29, 0.717) is 18.4 Å². The van der Waals surface area contributed by atoms with Gasteiger partial charge in [-0.1, -0.05) is 36.9 Å². The Morgan fingerprint density at radius 1 is 1.00 bits per heavy atom. The predicted molar refractivity (Wildman–Crippen MR) is 117 cm³/mol. The van der Waals surface area contributed by atoms with Crippen LogP contribution >= 0.6 is 0 Å². The summed E-state index contributed by atoms with van der Waals surface area (Å²) in [5.74, 6) is 2.83. The highest BCUT2D eigenvalue weighted by atomic mass is 17.2. The topological polar surface area (TPSA) is 57.2 Å². The molecule has 0 aromatic heterocycles. The molecule has 0 amide bonds. The second-order valence-electron chi connectivity index (χ2n) is 9.76. The highest BCUT2D eigenvalue weighted by molar-refractivity contribution is 5.97. The van der Waals surface area contributed by atoms with Crippen molar-refractivity contribution in [2.45, 2.75) is 44.0 Å². The van der Waals surface area contributed by atoms with Crippen LogP contribution in [0.4, 0.5) is 0 Å². The Balaban J connectivity index is 1.23. The first kappa shape index (κ1) is 19.7. The van der Waals surface area contributed by atoms with Crippen LogP contribution in [0.1, 0.15) is 37.7 Å². The van der Waals surface area contributed by atoms with E-state index in [9.17, 15) is 0 Å². The van der Waals surface area contributed by atoms with Gasteiger partial charge in [0.15, 0.2) is 0 Å². The summed E-state index contributed by atoms with van der Waals surface area (Å²) in [4.78, 5) is 12.2. The zero-order valence-corrected chi connectivity index (χ0v) is 17.8. The van der Waals surface area contributed by atoms with Gasteiger partial charge in [-0.05, 0) is 66.5 Å². The lowest BCUT2D eigenvalue weighted by molar-refractivity contribution is -0.517. The van der Waals surface area contributed by atoms with E-state index < -0.39 is 5.79 Å². The fourth-order valence-electron chi connectivity index (χ4n) is 6.77. The molecule has 2 aromatic carbocycles. The van der Waals surface area contributed by atoms with Crippen LogP contribution < -0.4 is 4.74 Å². The van der Waals surface area contributed by atoms with E-state index in [-0.39, 0.29) is 19.3 Å². The number of hydrogen-bond acceptors (Lipinski definition) is 5. The van der Waals surface area contributed by atoms with Crippen LogP contribution in [0, 0.1) is 23.7 Å². The predicted octanol–water partition coefficient (Wildman–Crippen LogP) is 4.72. The van der Waals surface area contributed by atoms with Crippen molar-refractivity contribution in [3.8, 4) is 5.75 Å².